The van der Waals surface area contributed by atoms with Crippen LogP contribution >= 0.6 is 0 Å². The van der Waals surface area contributed by atoms with Gasteiger partial charge in [-0.15, -0.1) is 0 Å². The Bertz CT molecular complexity index is 940. The van der Waals surface area contributed by atoms with Gasteiger partial charge in [0.25, 0.3) is 0 Å². The first kappa shape index (κ1) is 16.0. The van der Waals surface area contributed by atoms with E-state index in [1.807, 2.05) is 25.1 Å². The van der Waals surface area contributed by atoms with Crippen LogP contribution in [0.2, 0.25) is 0 Å². The molecule has 0 N–H and O–H groups in total. The summed E-state index contributed by atoms with van der Waals surface area (Å²) < 4.78 is 8.52. The van der Waals surface area contributed by atoms with Crippen LogP contribution in [0.3, 0.4) is 0 Å². The molecule has 0 atom stereocenters. The summed E-state index contributed by atoms with van der Waals surface area (Å²) in [5.41, 5.74) is 4.71. The van der Waals surface area contributed by atoms with Crippen LogP contribution in [-0.4, -0.2) is 19.8 Å². The van der Waals surface area contributed by atoms with E-state index >= 15 is 0 Å². The molecule has 6 heteroatoms. The monoisotopic (exact) mass is 324 g/mol. The number of hydrogen-bond acceptors (Lipinski definition) is 4. The molecule has 0 unspecified atom stereocenters. The number of tetrazole rings is 1. The summed E-state index contributed by atoms with van der Waals surface area (Å²) in [6.45, 7) is 6.50. The van der Waals surface area contributed by atoms with Gasteiger partial charge in [-0.25, -0.2) is 4.79 Å². The Labute approximate surface area is 140 Å². The Morgan fingerprint density at radius 3 is 2.54 bits per heavy atom. The van der Waals surface area contributed by atoms with Crippen LogP contribution in [0.4, 0.5) is 0 Å². The molecule has 24 heavy (non-hydrogen) atoms. The minimum atomic E-state index is -0.308. The molecule has 1 aromatic heterocycles. The number of ether oxygens (including phenoxy) is 1. The average molecular weight is 324 g/mol. The minimum absolute atomic E-state index is 0.308. The van der Waals surface area contributed by atoms with Crippen molar-refractivity contribution in [2.75, 3.05) is 0 Å². The van der Waals surface area contributed by atoms with Gasteiger partial charge in [-0.05, 0) is 54.0 Å². The summed E-state index contributed by atoms with van der Waals surface area (Å²) in [4.78, 5) is 12.2. The second-order valence-corrected chi connectivity index (χ2v) is 5.94. The lowest BCUT2D eigenvalue weighted by Gasteiger charge is -2.14. The highest BCUT2D eigenvalue weighted by atomic mass is 16.5. The molecule has 0 spiro atoms. The molecular weight excluding hydrogens is 304 g/mol. The number of benzene rings is 2. The van der Waals surface area contributed by atoms with E-state index in [2.05, 4.69) is 42.5 Å². The number of para-hydroxylation sites is 1. The van der Waals surface area contributed by atoms with Gasteiger partial charge in [0.05, 0.1) is 0 Å². The molecule has 0 amide bonds. The first-order valence-corrected chi connectivity index (χ1v) is 7.75. The SMILES string of the molecule is Cc1ccc(C)c(COc2c(C)cccc2-n2nnn(C)c2=O)c1. The standard InChI is InChI=1S/C18H20N4O2/c1-12-8-9-13(2)15(10-12)11-24-17-14(3)6-5-7-16(17)22-18(23)21(4)19-20-22/h5-10H,11H2,1-4H3. The highest BCUT2D eigenvalue weighted by Crippen LogP contribution is 2.27. The second kappa shape index (κ2) is 6.31. The van der Waals surface area contributed by atoms with Crippen molar-refractivity contribution in [3.63, 3.8) is 0 Å². The molecule has 0 radical (unpaired) electrons. The molecule has 124 valence electrons. The molecule has 0 saturated heterocycles. The molecular formula is C18H20N4O2. The highest BCUT2D eigenvalue weighted by molar-refractivity contribution is 5.50. The predicted molar refractivity (Wildman–Crippen MR) is 91.6 cm³/mol. The van der Waals surface area contributed by atoms with Crippen LogP contribution < -0.4 is 10.4 Å². The van der Waals surface area contributed by atoms with Crippen LogP contribution in [0, 0.1) is 20.8 Å². The summed E-state index contributed by atoms with van der Waals surface area (Å²) in [5.74, 6) is 0.640. The minimum Gasteiger partial charge on any atom is -0.486 e. The molecule has 0 saturated carbocycles. The average Bonchev–Trinajstić information content (AvgIpc) is 2.88. The van der Waals surface area contributed by atoms with Crippen molar-refractivity contribution >= 4 is 0 Å². The molecule has 3 aromatic rings. The maximum absolute atomic E-state index is 12.2. The number of rotatable bonds is 4. The first-order chi connectivity index (χ1) is 11.5. The van der Waals surface area contributed by atoms with Gasteiger partial charge in [0.1, 0.15) is 18.0 Å². The normalized spacial score (nSPS) is 10.8. The van der Waals surface area contributed by atoms with E-state index in [9.17, 15) is 4.79 Å². The molecule has 0 aliphatic carbocycles. The lowest BCUT2D eigenvalue weighted by Crippen LogP contribution is -2.22. The smallest absolute Gasteiger partial charge is 0.368 e. The topological polar surface area (TPSA) is 61.9 Å². The van der Waals surface area contributed by atoms with Crippen LogP contribution in [0.1, 0.15) is 22.3 Å². The molecule has 0 aliphatic heterocycles. The summed E-state index contributed by atoms with van der Waals surface area (Å²) in [6.07, 6.45) is 0. The third-order valence-electron chi connectivity index (χ3n) is 4.02. The van der Waals surface area contributed by atoms with E-state index in [-0.39, 0.29) is 5.69 Å². The fraction of sp³-hybridized carbons (Fsp3) is 0.278. The van der Waals surface area contributed by atoms with Crippen molar-refractivity contribution in [3.05, 3.63) is 69.1 Å². The van der Waals surface area contributed by atoms with Gasteiger partial charge in [0.15, 0.2) is 0 Å². The van der Waals surface area contributed by atoms with Crippen molar-refractivity contribution in [2.45, 2.75) is 27.4 Å². The molecule has 0 aliphatic rings. The zero-order chi connectivity index (χ0) is 17.3. The van der Waals surface area contributed by atoms with Gasteiger partial charge in [0, 0.05) is 7.05 Å². The molecule has 6 nitrogen and oxygen atoms in total. The second-order valence-electron chi connectivity index (χ2n) is 5.94. The van der Waals surface area contributed by atoms with Crippen LogP contribution in [0.25, 0.3) is 5.69 Å². The Morgan fingerprint density at radius 2 is 1.83 bits per heavy atom. The van der Waals surface area contributed by atoms with Gasteiger partial charge in [-0.3, -0.25) is 0 Å². The van der Waals surface area contributed by atoms with Crippen molar-refractivity contribution in [1.29, 1.82) is 0 Å². The maximum Gasteiger partial charge on any atom is 0.368 e. The maximum atomic E-state index is 12.2. The largest absolute Gasteiger partial charge is 0.486 e. The van der Waals surface area contributed by atoms with Gasteiger partial charge in [0.2, 0.25) is 0 Å². The van der Waals surface area contributed by atoms with Gasteiger partial charge < -0.3 is 4.74 Å². The molecule has 1 heterocycles. The highest BCUT2D eigenvalue weighted by Gasteiger charge is 2.14. The zero-order valence-electron chi connectivity index (χ0n) is 14.3. The molecule has 0 fully saturated rings. The zero-order valence-corrected chi connectivity index (χ0v) is 14.3. The fourth-order valence-electron chi connectivity index (χ4n) is 2.56. The third kappa shape index (κ3) is 2.95. The van der Waals surface area contributed by atoms with E-state index in [1.165, 1.54) is 20.5 Å². The van der Waals surface area contributed by atoms with Crippen molar-refractivity contribution < 1.29 is 4.74 Å². The predicted octanol–water partition coefficient (Wildman–Crippen LogP) is 2.47. The van der Waals surface area contributed by atoms with E-state index in [1.54, 1.807) is 7.05 Å². The lowest BCUT2D eigenvalue weighted by molar-refractivity contribution is 0.301. The molecule has 2 aromatic carbocycles. The van der Waals surface area contributed by atoms with Crippen LogP contribution in [0.5, 0.6) is 5.75 Å². The van der Waals surface area contributed by atoms with E-state index in [4.69, 9.17) is 4.74 Å². The lowest BCUT2D eigenvalue weighted by atomic mass is 10.1. The Balaban J connectivity index is 1.98. The Kier molecular flexibility index (Phi) is 4.20. The van der Waals surface area contributed by atoms with Crippen molar-refractivity contribution in [2.24, 2.45) is 7.05 Å². The third-order valence-corrected chi connectivity index (χ3v) is 4.02. The molecule has 3 rings (SSSR count). The number of aromatic nitrogens is 4. The Morgan fingerprint density at radius 1 is 1.04 bits per heavy atom. The fourth-order valence-corrected chi connectivity index (χ4v) is 2.56. The Hall–Kier alpha value is -2.89. The van der Waals surface area contributed by atoms with Crippen molar-refractivity contribution in [3.8, 4) is 11.4 Å². The summed E-state index contributed by atoms with van der Waals surface area (Å²) in [6, 6.07) is 11.9. The summed E-state index contributed by atoms with van der Waals surface area (Å²) >= 11 is 0. The number of hydrogen-bond donors (Lipinski definition) is 0. The van der Waals surface area contributed by atoms with E-state index < -0.39 is 0 Å². The van der Waals surface area contributed by atoms with Crippen LogP contribution in [0.15, 0.2) is 41.2 Å². The van der Waals surface area contributed by atoms with E-state index in [0.29, 0.717) is 18.0 Å². The van der Waals surface area contributed by atoms with Gasteiger partial charge >= 0.3 is 5.69 Å². The van der Waals surface area contributed by atoms with Gasteiger partial charge in [-0.1, -0.05) is 35.9 Å². The summed E-state index contributed by atoms with van der Waals surface area (Å²) in [7, 11) is 1.57. The van der Waals surface area contributed by atoms with Gasteiger partial charge in [-0.2, -0.15) is 9.36 Å². The van der Waals surface area contributed by atoms with E-state index in [0.717, 1.165) is 11.1 Å². The summed E-state index contributed by atoms with van der Waals surface area (Å²) in [5, 5.41) is 7.68. The van der Waals surface area contributed by atoms with Crippen LogP contribution in [-0.2, 0) is 13.7 Å². The molecule has 0 bridgehead atoms. The number of nitrogens with zero attached hydrogens (tertiary/aromatic N) is 4. The first-order valence-electron chi connectivity index (χ1n) is 7.75. The quantitative estimate of drug-likeness (QED) is 0.739. The van der Waals surface area contributed by atoms with Crippen molar-refractivity contribution in [1.82, 2.24) is 19.8 Å². The number of aryl methyl sites for hydroxylation is 4.